The Balaban J connectivity index is 2.33. The fraction of sp³-hybridized carbons (Fsp3) is 0.500. The number of thioether (sulfide) groups is 1. The molecule has 0 bridgehead atoms. The van der Waals surface area contributed by atoms with E-state index in [-0.39, 0.29) is 5.97 Å². The van der Waals surface area contributed by atoms with Crippen LogP contribution in [0.2, 0.25) is 0 Å². The highest BCUT2D eigenvalue weighted by Crippen LogP contribution is 2.36. The van der Waals surface area contributed by atoms with Crippen molar-refractivity contribution in [3.05, 3.63) is 16.8 Å². The van der Waals surface area contributed by atoms with E-state index < -0.39 is 0 Å². The quantitative estimate of drug-likeness (QED) is 0.464. The topological polar surface area (TPSA) is 52.1 Å². The summed E-state index contributed by atoms with van der Waals surface area (Å²) in [6.07, 6.45) is 3.54. The van der Waals surface area contributed by atoms with Gasteiger partial charge < -0.3 is 4.74 Å². The normalized spacial score (nSPS) is 10.9. The second-order valence-electron chi connectivity index (χ2n) is 4.16. The lowest BCUT2D eigenvalue weighted by molar-refractivity contribution is -0.139. The number of rotatable bonds is 6. The molecule has 0 aliphatic rings. The molecule has 0 fully saturated rings. The number of nitrogens with zero attached hydrogens (tertiary/aromatic N) is 2. The van der Waals surface area contributed by atoms with Crippen LogP contribution in [0.4, 0.5) is 0 Å². The summed E-state index contributed by atoms with van der Waals surface area (Å²) in [7, 11) is 0. The number of esters is 1. The number of hydrogen-bond acceptors (Lipinski definition) is 6. The molecular formula is C14H18N2O2S2. The smallest absolute Gasteiger partial charge is 0.316 e. The molecule has 4 nitrogen and oxygen atoms in total. The summed E-state index contributed by atoms with van der Waals surface area (Å²) in [5.74, 6) is 0.0914. The van der Waals surface area contributed by atoms with Crippen molar-refractivity contribution in [2.24, 2.45) is 0 Å². The largest absolute Gasteiger partial charge is 0.465 e. The van der Waals surface area contributed by atoms with Crippen molar-refractivity contribution in [2.75, 3.05) is 12.4 Å². The van der Waals surface area contributed by atoms with Crippen LogP contribution in [0, 0.1) is 0 Å². The Hall–Kier alpha value is -1.14. The third kappa shape index (κ3) is 3.12. The summed E-state index contributed by atoms with van der Waals surface area (Å²) >= 11 is 3.16. The number of thiophene rings is 1. The molecule has 108 valence electrons. The molecule has 0 N–H and O–H groups in total. The lowest BCUT2D eigenvalue weighted by Gasteiger charge is -2.04. The molecular weight excluding hydrogens is 292 g/mol. The summed E-state index contributed by atoms with van der Waals surface area (Å²) in [5.41, 5.74) is 1.32. The molecule has 2 rings (SSSR count). The van der Waals surface area contributed by atoms with Gasteiger partial charge in [0.05, 0.1) is 12.4 Å². The third-order valence-electron chi connectivity index (χ3n) is 2.94. The minimum Gasteiger partial charge on any atom is -0.465 e. The predicted octanol–water partition coefficient (Wildman–Crippen LogP) is 3.47. The molecule has 0 aromatic carbocycles. The SMILES string of the molecule is CCOC(=O)CSc1ncnc2sc(CC)c(CC)c12. The Morgan fingerprint density at radius 3 is 2.75 bits per heavy atom. The van der Waals surface area contributed by atoms with E-state index in [1.165, 1.54) is 22.2 Å². The Labute approximate surface area is 127 Å². The lowest BCUT2D eigenvalue weighted by Crippen LogP contribution is -2.06. The van der Waals surface area contributed by atoms with Crippen LogP contribution in [0.5, 0.6) is 0 Å². The molecule has 20 heavy (non-hydrogen) atoms. The number of carbonyl (C=O) groups excluding carboxylic acids is 1. The van der Waals surface area contributed by atoms with Crippen molar-refractivity contribution in [1.82, 2.24) is 9.97 Å². The first-order chi connectivity index (χ1) is 9.71. The van der Waals surface area contributed by atoms with Gasteiger partial charge in [0, 0.05) is 10.3 Å². The maximum Gasteiger partial charge on any atom is 0.316 e. The van der Waals surface area contributed by atoms with Gasteiger partial charge in [-0.2, -0.15) is 0 Å². The van der Waals surface area contributed by atoms with E-state index in [0.717, 1.165) is 28.1 Å². The van der Waals surface area contributed by atoms with E-state index in [0.29, 0.717) is 12.4 Å². The first kappa shape index (κ1) is 15.3. The van der Waals surface area contributed by atoms with Gasteiger partial charge in [0.15, 0.2) is 0 Å². The second-order valence-corrected chi connectivity index (χ2v) is 6.21. The molecule has 0 amide bonds. The Kier molecular flexibility index (Phi) is 5.37. The van der Waals surface area contributed by atoms with Gasteiger partial charge in [-0.1, -0.05) is 25.6 Å². The fourth-order valence-corrected chi connectivity index (χ4v) is 4.16. The number of fused-ring (bicyclic) bond motifs is 1. The summed E-state index contributed by atoms with van der Waals surface area (Å²) in [6, 6.07) is 0. The molecule has 0 aliphatic carbocycles. The summed E-state index contributed by atoms with van der Waals surface area (Å²) in [6.45, 7) is 6.53. The second kappa shape index (κ2) is 7.04. The maximum atomic E-state index is 11.5. The molecule has 0 saturated heterocycles. The number of ether oxygens (including phenoxy) is 1. The van der Waals surface area contributed by atoms with Crippen molar-refractivity contribution in [3.8, 4) is 0 Å². The van der Waals surface area contributed by atoms with Gasteiger partial charge >= 0.3 is 5.97 Å². The van der Waals surface area contributed by atoms with E-state index in [1.54, 1.807) is 17.7 Å². The average molecular weight is 310 g/mol. The van der Waals surface area contributed by atoms with Gasteiger partial charge in [-0.15, -0.1) is 11.3 Å². The first-order valence-electron chi connectivity index (χ1n) is 6.74. The van der Waals surface area contributed by atoms with Crippen LogP contribution in [0.25, 0.3) is 10.2 Å². The van der Waals surface area contributed by atoms with Crippen LogP contribution in [-0.4, -0.2) is 28.3 Å². The van der Waals surface area contributed by atoms with Crippen LogP contribution in [0.15, 0.2) is 11.4 Å². The van der Waals surface area contributed by atoms with Crippen molar-refractivity contribution < 1.29 is 9.53 Å². The fourth-order valence-electron chi connectivity index (χ4n) is 2.11. The Morgan fingerprint density at radius 1 is 1.30 bits per heavy atom. The van der Waals surface area contributed by atoms with E-state index in [1.807, 2.05) is 6.92 Å². The maximum absolute atomic E-state index is 11.5. The number of aryl methyl sites for hydroxylation is 2. The zero-order chi connectivity index (χ0) is 14.5. The van der Waals surface area contributed by atoms with Crippen molar-refractivity contribution in [2.45, 2.75) is 38.6 Å². The molecule has 2 aromatic rings. The highest BCUT2D eigenvalue weighted by Gasteiger charge is 2.16. The highest BCUT2D eigenvalue weighted by molar-refractivity contribution is 8.00. The zero-order valence-electron chi connectivity index (χ0n) is 11.9. The molecule has 0 atom stereocenters. The van der Waals surface area contributed by atoms with E-state index in [4.69, 9.17) is 4.74 Å². The van der Waals surface area contributed by atoms with Crippen LogP contribution < -0.4 is 0 Å². The monoisotopic (exact) mass is 310 g/mol. The summed E-state index contributed by atoms with van der Waals surface area (Å²) in [5, 5.41) is 2.00. The van der Waals surface area contributed by atoms with Gasteiger partial charge in [0.1, 0.15) is 16.2 Å². The van der Waals surface area contributed by atoms with E-state index >= 15 is 0 Å². The highest BCUT2D eigenvalue weighted by atomic mass is 32.2. The zero-order valence-corrected chi connectivity index (χ0v) is 13.6. The first-order valence-corrected chi connectivity index (χ1v) is 8.55. The van der Waals surface area contributed by atoms with Gasteiger partial charge in [0.25, 0.3) is 0 Å². The van der Waals surface area contributed by atoms with E-state index in [2.05, 4.69) is 23.8 Å². The molecule has 0 unspecified atom stereocenters. The molecule has 0 saturated carbocycles. The number of hydrogen-bond donors (Lipinski definition) is 0. The minimum atomic E-state index is -0.201. The van der Waals surface area contributed by atoms with Crippen LogP contribution in [-0.2, 0) is 22.4 Å². The van der Waals surface area contributed by atoms with Gasteiger partial charge in [0.2, 0.25) is 0 Å². The molecule has 2 aromatic heterocycles. The summed E-state index contributed by atoms with van der Waals surface area (Å²) < 4.78 is 4.96. The third-order valence-corrected chi connectivity index (χ3v) is 5.19. The molecule has 6 heteroatoms. The van der Waals surface area contributed by atoms with Crippen molar-refractivity contribution >= 4 is 39.3 Å². The van der Waals surface area contributed by atoms with Gasteiger partial charge in [-0.3, -0.25) is 4.79 Å². The lowest BCUT2D eigenvalue weighted by atomic mass is 10.1. The summed E-state index contributed by atoms with van der Waals surface area (Å²) in [4.78, 5) is 22.6. The number of carbonyl (C=O) groups is 1. The van der Waals surface area contributed by atoms with Gasteiger partial charge in [-0.05, 0) is 25.3 Å². The molecule has 0 aliphatic heterocycles. The van der Waals surface area contributed by atoms with Crippen molar-refractivity contribution in [3.63, 3.8) is 0 Å². The molecule has 2 heterocycles. The number of aromatic nitrogens is 2. The predicted molar refractivity (Wildman–Crippen MR) is 83.5 cm³/mol. The van der Waals surface area contributed by atoms with Crippen LogP contribution >= 0.6 is 23.1 Å². The minimum absolute atomic E-state index is 0.201. The van der Waals surface area contributed by atoms with Crippen LogP contribution in [0.3, 0.4) is 0 Å². The van der Waals surface area contributed by atoms with Crippen molar-refractivity contribution in [1.29, 1.82) is 0 Å². The Bertz CT molecular complexity index is 610. The van der Waals surface area contributed by atoms with Gasteiger partial charge in [-0.25, -0.2) is 9.97 Å². The average Bonchev–Trinajstić information content (AvgIpc) is 2.83. The van der Waals surface area contributed by atoms with E-state index in [9.17, 15) is 4.79 Å². The molecule has 0 spiro atoms. The molecule has 0 radical (unpaired) electrons. The standard InChI is InChI=1S/C14H18N2O2S2/c1-4-9-10(5-2)20-14-12(9)13(15-8-16-14)19-7-11(17)18-6-3/h8H,4-7H2,1-3H3. The van der Waals surface area contributed by atoms with Crippen LogP contribution in [0.1, 0.15) is 31.2 Å². The Morgan fingerprint density at radius 2 is 2.10 bits per heavy atom.